The third-order valence-corrected chi connectivity index (χ3v) is 7.14. The molecule has 0 saturated carbocycles. The molecule has 6 heteroatoms. The summed E-state index contributed by atoms with van der Waals surface area (Å²) >= 11 is 0. The van der Waals surface area contributed by atoms with Crippen molar-refractivity contribution in [3.05, 3.63) is 48.2 Å². The Hall–Kier alpha value is -2.60. The van der Waals surface area contributed by atoms with Crippen LogP contribution >= 0.6 is 0 Å². The van der Waals surface area contributed by atoms with Crippen molar-refractivity contribution < 1.29 is 14.3 Å². The number of amides is 2. The lowest BCUT2D eigenvalue weighted by atomic mass is 9.77. The lowest BCUT2D eigenvalue weighted by molar-refractivity contribution is -0.137. The van der Waals surface area contributed by atoms with Gasteiger partial charge in [-0.05, 0) is 24.5 Å². The number of rotatable bonds is 9. The van der Waals surface area contributed by atoms with Crippen molar-refractivity contribution >= 4 is 22.7 Å². The molecule has 1 aromatic carbocycles. The molecule has 0 aliphatic carbocycles. The Morgan fingerprint density at radius 1 is 1.29 bits per heavy atom. The van der Waals surface area contributed by atoms with Gasteiger partial charge in [-0.3, -0.25) is 9.59 Å². The van der Waals surface area contributed by atoms with Crippen molar-refractivity contribution in [2.24, 2.45) is 11.8 Å². The molecule has 0 unspecified atom stereocenters. The monoisotopic (exact) mass is 421 g/mol. The molecule has 1 aromatic heterocycles. The van der Waals surface area contributed by atoms with E-state index in [0.717, 1.165) is 24.8 Å². The average Bonchev–Trinajstić information content (AvgIpc) is 3.52. The number of benzene rings is 1. The number of likely N-dealkylation sites (tertiary alicyclic amines) is 1. The number of fused-ring (bicyclic) bond motifs is 2. The maximum atomic E-state index is 13.3. The van der Waals surface area contributed by atoms with Crippen LogP contribution in [0.2, 0.25) is 0 Å². The van der Waals surface area contributed by atoms with Gasteiger partial charge < -0.3 is 19.9 Å². The number of aromatic nitrogens is 1. The maximum absolute atomic E-state index is 13.3. The van der Waals surface area contributed by atoms with Crippen LogP contribution in [0.5, 0.6) is 0 Å². The minimum absolute atomic E-state index is 0.0375. The third kappa shape index (κ3) is 3.47. The van der Waals surface area contributed by atoms with Gasteiger partial charge in [0, 0.05) is 30.2 Å². The Morgan fingerprint density at radius 3 is 3.03 bits per heavy atom. The van der Waals surface area contributed by atoms with E-state index >= 15 is 0 Å². The van der Waals surface area contributed by atoms with Crippen molar-refractivity contribution in [2.75, 3.05) is 19.6 Å². The molecule has 2 N–H and O–H groups in total. The summed E-state index contributed by atoms with van der Waals surface area (Å²) in [5, 5.41) is 4.26. The molecule has 164 valence electrons. The first kappa shape index (κ1) is 20.3. The molecule has 2 amide bonds. The van der Waals surface area contributed by atoms with Crippen LogP contribution < -0.4 is 5.32 Å². The number of ether oxygens (including phenoxy) is 1. The minimum Gasteiger partial charge on any atom is -0.361 e. The molecule has 3 aliphatic rings. The van der Waals surface area contributed by atoms with Crippen LogP contribution in [0.4, 0.5) is 0 Å². The lowest BCUT2D eigenvalue weighted by Crippen LogP contribution is -2.44. The number of nitrogens with one attached hydrogen (secondary N) is 2. The number of unbranched alkanes of at least 4 members (excludes halogenated alkanes) is 3. The minimum atomic E-state index is -0.633. The zero-order chi connectivity index (χ0) is 21.4. The quantitative estimate of drug-likeness (QED) is 0.482. The fourth-order valence-corrected chi connectivity index (χ4v) is 5.54. The highest BCUT2D eigenvalue weighted by atomic mass is 16.5. The molecule has 5 rings (SSSR count). The smallest absolute Gasteiger partial charge is 0.230 e. The number of hydrogen-bond acceptors (Lipinski definition) is 3. The molecule has 2 bridgehead atoms. The van der Waals surface area contributed by atoms with Crippen molar-refractivity contribution in [2.45, 2.75) is 50.7 Å². The van der Waals surface area contributed by atoms with Gasteiger partial charge in [-0.1, -0.05) is 56.5 Å². The van der Waals surface area contributed by atoms with E-state index in [-0.39, 0.29) is 17.9 Å². The molecule has 4 atom stereocenters. The second-order valence-electron chi connectivity index (χ2n) is 9.12. The second-order valence-corrected chi connectivity index (χ2v) is 9.12. The standard InChI is InChI=1S/C25H31N3O3/c1-2-3-4-7-13-26-23(29)21-20-10-12-25(31-20)16-28(24(30)22(21)25)14-11-17-15-27-19-9-6-5-8-18(17)19/h5-6,8-10,12,15,20-22,27H,2-4,7,11,13-14,16H2,1H3,(H,26,29)/t20-,21-,22-,25+/m0/s1. The zero-order valence-electron chi connectivity index (χ0n) is 18.1. The highest BCUT2D eigenvalue weighted by Crippen LogP contribution is 2.51. The molecule has 2 fully saturated rings. The van der Waals surface area contributed by atoms with E-state index in [1.807, 2.05) is 35.4 Å². The van der Waals surface area contributed by atoms with Crippen molar-refractivity contribution in [3.63, 3.8) is 0 Å². The molecular weight excluding hydrogens is 390 g/mol. The van der Waals surface area contributed by atoms with Crippen LogP contribution in [0.25, 0.3) is 10.9 Å². The van der Waals surface area contributed by atoms with Crippen LogP contribution in [-0.4, -0.2) is 53.0 Å². The number of carbonyl (C=O) groups is 2. The number of carbonyl (C=O) groups excluding carboxylic acids is 2. The molecule has 1 spiro atoms. The van der Waals surface area contributed by atoms with Gasteiger partial charge >= 0.3 is 0 Å². The first-order valence-corrected chi connectivity index (χ1v) is 11.6. The first-order valence-electron chi connectivity index (χ1n) is 11.6. The van der Waals surface area contributed by atoms with Gasteiger partial charge in [-0.25, -0.2) is 0 Å². The Bertz CT molecular complexity index is 1010. The van der Waals surface area contributed by atoms with Crippen molar-refractivity contribution in [1.82, 2.24) is 15.2 Å². The van der Waals surface area contributed by atoms with Gasteiger partial charge in [-0.15, -0.1) is 0 Å². The summed E-state index contributed by atoms with van der Waals surface area (Å²) in [5.74, 6) is -0.801. The Labute approximate surface area is 183 Å². The summed E-state index contributed by atoms with van der Waals surface area (Å²) in [4.78, 5) is 31.5. The first-order chi connectivity index (χ1) is 15.1. The van der Waals surface area contributed by atoms with Gasteiger partial charge in [-0.2, -0.15) is 0 Å². The largest absolute Gasteiger partial charge is 0.361 e. The normalized spacial score (nSPS) is 28.6. The van der Waals surface area contributed by atoms with E-state index < -0.39 is 17.4 Å². The molecule has 0 radical (unpaired) electrons. The topological polar surface area (TPSA) is 74.4 Å². The fraction of sp³-hybridized carbons (Fsp3) is 0.520. The van der Waals surface area contributed by atoms with E-state index in [0.29, 0.717) is 19.6 Å². The van der Waals surface area contributed by atoms with Crippen LogP contribution in [0.3, 0.4) is 0 Å². The number of nitrogens with zero attached hydrogens (tertiary/aromatic N) is 1. The molecule has 2 saturated heterocycles. The van der Waals surface area contributed by atoms with Crippen molar-refractivity contribution in [1.29, 1.82) is 0 Å². The summed E-state index contributed by atoms with van der Waals surface area (Å²) < 4.78 is 6.23. The number of para-hydroxylation sites is 1. The molecule has 31 heavy (non-hydrogen) atoms. The van der Waals surface area contributed by atoms with Crippen LogP contribution in [-0.2, 0) is 20.7 Å². The van der Waals surface area contributed by atoms with Crippen LogP contribution in [0.15, 0.2) is 42.6 Å². The van der Waals surface area contributed by atoms with E-state index in [2.05, 4.69) is 29.4 Å². The predicted octanol–water partition coefficient (Wildman–Crippen LogP) is 3.19. The summed E-state index contributed by atoms with van der Waals surface area (Å²) in [6.45, 7) is 4.01. The Kier molecular flexibility index (Phi) is 5.34. The SMILES string of the molecule is CCCCCCNC(=O)[C@H]1[C@@H]2C=C[C@]3(CN(CCc4c[nH]c5ccccc45)C(=O)[C@H]13)O2. The van der Waals surface area contributed by atoms with E-state index in [1.165, 1.54) is 23.8 Å². The van der Waals surface area contributed by atoms with Gasteiger partial charge in [0.15, 0.2) is 0 Å². The highest BCUT2D eigenvalue weighted by Gasteiger charge is 2.66. The van der Waals surface area contributed by atoms with E-state index in [1.54, 1.807) is 0 Å². The summed E-state index contributed by atoms with van der Waals surface area (Å²) in [6, 6.07) is 8.22. The Balaban J connectivity index is 1.24. The van der Waals surface area contributed by atoms with Crippen LogP contribution in [0.1, 0.15) is 38.2 Å². The maximum Gasteiger partial charge on any atom is 0.230 e. The highest BCUT2D eigenvalue weighted by molar-refractivity contribution is 5.93. The fourth-order valence-electron chi connectivity index (χ4n) is 5.54. The number of H-pyrrole nitrogens is 1. The summed E-state index contributed by atoms with van der Waals surface area (Å²) in [6.07, 6.45) is 11.0. The van der Waals surface area contributed by atoms with E-state index in [4.69, 9.17) is 4.74 Å². The molecular formula is C25H31N3O3. The molecule has 6 nitrogen and oxygen atoms in total. The molecule has 2 aromatic rings. The number of aromatic amines is 1. The van der Waals surface area contributed by atoms with Crippen LogP contribution in [0, 0.1) is 11.8 Å². The molecule has 3 aliphatic heterocycles. The average molecular weight is 422 g/mol. The third-order valence-electron chi connectivity index (χ3n) is 7.14. The lowest BCUT2D eigenvalue weighted by Gasteiger charge is -2.23. The van der Waals surface area contributed by atoms with E-state index in [9.17, 15) is 9.59 Å². The Morgan fingerprint density at radius 2 is 2.16 bits per heavy atom. The van der Waals surface area contributed by atoms with Crippen molar-refractivity contribution in [3.8, 4) is 0 Å². The predicted molar refractivity (Wildman–Crippen MR) is 119 cm³/mol. The van der Waals surface area contributed by atoms with Gasteiger partial charge in [0.25, 0.3) is 0 Å². The zero-order valence-corrected chi connectivity index (χ0v) is 18.1. The second kappa shape index (κ2) is 8.15. The van der Waals surface area contributed by atoms with Gasteiger partial charge in [0.05, 0.1) is 24.5 Å². The summed E-state index contributed by atoms with van der Waals surface area (Å²) in [5.41, 5.74) is 1.69. The molecule has 4 heterocycles. The van der Waals surface area contributed by atoms with Gasteiger partial charge in [0.1, 0.15) is 5.60 Å². The number of hydrogen-bond donors (Lipinski definition) is 2. The van der Waals surface area contributed by atoms with Gasteiger partial charge in [0.2, 0.25) is 11.8 Å². The summed E-state index contributed by atoms with van der Waals surface area (Å²) in [7, 11) is 0.